The average Bonchev–Trinajstić information content (AvgIpc) is 2.86. The van der Waals surface area contributed by atoms with Gasteiger partial charge in [0.25, 0.3) is 0 Å². The van der Waals surface area contributed by atoms with E-state index in [1.54, 1.807) is 6.20 Å². The predicted molar refractivity (Wildman–Crippen MR) is 174 cm³/mol. The van der Waals surface area contributed by atoms with E-state index in [9.17, 15) is 4.21 Å². The van der Waals surface area contributed by atoms with Crippen LogP contribution in [0.25, 0.3) is 11.1 Å². The van der Waals surface area contributed by atoms with Gasteiger partial charge in [0, 0.05) is 49.1 Å². The Balaban J connectivity index is 1.99. The summed E-state index contributed by atoms with van der Waals surface area (Å²) >= 11 is 8.50. The minimum atomic E-state index is -1.94. The number of hydrogen-bond acceptors (Lipinski definition) is 6. The van der Waals surface area contributed by atoms with Crippen LogP contribution in [0.1, 0.15) is 52.7 Å². The second kappa shape index (κ2) is 13.0. The molecule has 3 rings (SSSR count). The molecule has 1 N–H and O–H groups in total. The van der Waals surface area contributed by atoms with Crippen LogP contribution in [0.15, 0.2) is 58.7 Å². The molecule has 0 radical (unpaired) electrons. The normalized spacial score (nSPS) is 13.4. The van der Waals surface area contributed by atoms with Gasteiger partial charge in [-0.2, -0.15) is 0 Å². The maximum absolute atomic E-state index is 12.9. The molecule has 0 saturated carbocycles. The molecule has 0 bridgehead atoms. The van der Waals surface area contributed by atoms with Crippen molar-refractivity contribution >= 4 is 48.5 Å². The summed E-state index contributed by atoms with van der Waals surface area (Å²) in [5.41, 5.74) is 3.89. The Bertz CT molecular complexity index is 1340. The van der Waals surface area contributed by atoms with Gasteiger partial charge in [0.2, 0.25) is 0 Å². The van der Waals surface area contributed by atoms with Crippen LogP contribution in [-0.4, -0.2) is 41.3 Å². The zero-order valence-corrected chi connectivity index (χ0v) is 28.8. The van der Waals surface area contributed by atoms with E-state index in [4.69, 9.17) is 21.0 Å². The SMILES string of the molecule is CN(C)c1ccc(-c2cc(Cl)c(Sc3ncccc3CO[Si](C)(C)C(C)(C)C)c(CNS(=O)C(C)(C)C)c2)cn1. The highest BCUT2D eigenvalue weighted by molar-refractivity contribution is 7.99. The summed E-state index contributed by atoms with van der Waals surface area (Å²) in [6, 6.07) is 12.1. The van der Waals surface area contributed by atoms with Crippen molar-refractivity contribution in [2.75, 3.05) is 19.0 Å². The maximum Gasteiger partial charge on any atom is 0.192 e. The van der Waals surface area contributed by atoms with Crippen LogP contribution in [0, 0.1) is 0 Å². The fourth-order valence-corrected chi connectivity index (χ4v) is 6.45. The second-order valence-electron chi connectivity index (χ2n) is 12.6. The van der Waals surface area contributed by atoms with E-state index < -0.39 is 24.1 Å². The summed E-state index contributed by atoms with van der Waals surface area (Å²) in [6.07, 6.45) is 3.65. The van der Waals surface area contributed by atoms with Gasteiger partial charge in [0.1, 0.15) is 10.8 Å². The average molecular weight is 619 g/mol. The van der Waals surface area contributed by atoms with E-state index in [2.05, 4.69) is 55.7 Å². The van der Waals surface area contributed by atoms with Crippen LogP contribution in [0.2, 0.25) is 23.2 Å². The summed E-state index contributed by atoms with van der Waals surface area (Å²) in [5, 5.41) is 1.58. The summed E-state index contributed by atoms with van der Waals surface area (Å²) < 4.78 is 22.2. The molecule has 0 aliphatic rings. The summed E-state index contributed by atoms with van der Waals surface area (Å²) in [5.74, 6) is 0.882. The van der Waals surface area contributed by atoms with E-state index in [-0.39, 0.29) is 5.04 Å². The first-order valence-corrected chi connectivity index (χ1v) is 18.6. The van der Waals surface area contributed by atoms with Crippen molar-refractivity contribution in [1.82, 2.24) is 14.7 Å². The number of hydrogen-bond donors (Lipinski definition) is 1. The Morgan fingerprint density at radius 2 is 1.73 bits per heavy atom. The topological polar surface area (TPSA) is 67.3 Å². The van der Waals surface area contributed by atoms with Gasteiger partial charge >= 0.3 is 0 Å². The van der Waals surface area contributed by atoms with E-state index >= 15 is 0 Å². The van der Waals surface area contributed by atoms with Crippen molar-refractivity contribution in [2.45, 2.75) is 87.5 Å². The van der Waals surface area contributed by atoms with Crippen LogP contribution in [-0.2, 0) is 28.6 Å². The molecule has 1 aromatic carbocycles. The molecule has 0 amide bonds. The van der Waals surface area contributed by atoms with E-state index in [1.807, 2.05) is 70.2 Å². The lowest BCUT2D eigenvalue weighted by Crippen LogP contribution is -2.40. The van der Waals surface area contributed by atoms with Gasteiger partial charge in [-0.1, -0.05) is 50.2 Å². The molecule has 2 heterocycles. The Labute approximate surface area is 253 Å². The predicted octanol–water partition coefficient (Wildman–Crippen LogP) is 8.09. The number of nitrogens with one attached hydrogen (secondary N) is 1. The summed E-state index contributed by atoms with van der Waals surface area (Å²) in [6.45, 7) is 18.0. The fourth-order valence-electron chi connectivity index (χ4n) is 3.44. The van der Waals surface area contributed by atoms with Crippen LogP contribution < -0.4 is 9.62 Å². The molecule has 3 aromatic rings. The minimum absolute atomic E-state index is 0.114. The Hall–Kier alpha value is -1.75. The third-order valence-electron chi connectivity index (χ3n) is 7.05. The fraction of sp³-hybridized carbons (Fsp3) is 0.467. The van der Waals surface area contributed by atoms with Gasteiger partial charge < -0.3 is 9.33 Å². The van der Waals surface area contributed by atoms with Gasteiger partial charge in [-0.25, -0.2) is 18.9 Å². The van der Waals surface area contributed by atoms with Crippen molar-refractivity contribution < 1.29 is 8.63 Å². The number of rotatable bonds is 10. The molecule has 0 spiro atoms. The Morgan fingerprint density at radius 3 is 2.30 bits per heavy atom. The third-order valence-corrected chi connectivity index (χ3v) is 14.7. The zero-order valence-electron chi connectivity index (χ0n) is 25.4. The molecular formula is C30H43ClN4O2S2Si. The van der Waals surface area contributed by atoms with Gasteiger partial charge in [-0.15, -0.1) is 0 Å². The smallest absolute Gasteiger partial charge is 0.192 e. The third kappa shape index (κ3) is 8.39. The van der Waals surface area contributed by atoms with Crippen molar-refractivity contribution in [2.24, 2.45) is 0 Å². The molecule has 218 valence electrons. The molecule has 0 aliphatic heterocycles. The molecule has 10 heteroatoms. The minimum Gasteiger partial charge on any atom is -0.412 e. The molecular weight excluding hydrogens is 576 g/mol. The van der Waals surface area contributed by atoms with Crippen LogP contribution >= 0.6 is 23.4 Å². The number of benzene rings is 1. The molecule has 1 unspecified atom stereocenters. The largest absolute Gasteiger partial charge is 0.412 e. The number of nitrogens with zero attached hydrogens (tertiary/aromatic N) is 3. The lowest BCUT2D eigenvalue weighted by molar-refractivity contribution is 0.273. The summed E-state index contributed by atoms with van der Waals surface area (Å²) in [7, 11) is 0.755. The number of pyridine rings is 2. The summed E-state index contributed by atoms with van der Waals surface area (Å²) in [4.78, 5) is 12.1. The van der Waals surface area contributed by atoms with Gasteiger partial charge in [0.15, 0.2) is 8.32 Å². The highest BCUT2D eigenvalue weighted by Crippen LogP contribution is 2.41. The van der Waals surface area contributed by atoms with Crippen molar-refractivity contribution in [1.29, 1.82) is 0 Å². The van der Waals surface area contributed by atoms with Crippen molar-refractivity contribution in [3.8, 4) is 11.1 Å². The lowest BCUT2D eigenvalue weighted by Gasteiger charge is -2.36. The van der Waals surface area contributed by atoms with Crippen LogP contribution in [0.5, 0.6) is 0 Å². The maximum atomic E-state index is 12.9. The molecule has 0 aliphatic carbocycles. The first-order valence-electron chi connectivity index (χ1n) is 13.4. The number of aromatic nitrogens is 2. The highest BCUT2D eigenvalue weighted by atomic mass is 35.5. The van der Waals surface area contributed by atoms with Gasteiger partial charge in [0.05, 0.1) is 27.4 Å². The van der Waals surface area contributed by atoms with Crippen molar-refractivity contribution in [3.05, 3.63) is 64.9 Å². The molecule has 40 heavy (non-hydrogen) atoms. The molecule has 1 atom stereocenters. The van der Waals surface area contributed by atoms with E-state index in [1.165, 1.54) is 11.8 Å². The number of halogens is 1. The molecule has 6 nitrogen and oxygen atoms in total. The van der Waals surface area contributed by atoms with Crippen LogP contribution in [0.3, 0.4) is 0 Å². The quantitative estimate of drug-likeness (QED) is 0.232. The van der Waals surface area contributed by atoms with Crippen molar-refractivity contribution in [3.63, 3.8) is 0 Å². The molecule has 0 fully saturated rings. The monoisotopic (exact) mass is 618 g/mol. The van der Waals surface area contributed by atoms with Crippen LogP contribution in [0.4, 0.5) is 5.82 Å². The second-order valence-corrected chi connectivity index (χ2v) is 20.8. The van der Waals surface area contributed by atoms with E-state index in [0.29, 0.717) is 18.2 Å². The van der Waals surface area contributed by atoms with Gasteiger partial charge in [-0.05, 0) is 80.4 Å². The standard InChI is InChI=1S/C30H43ClN4O2S2Si/c1-29(2,3)39(36)34-19-24-16-23(21-13-14-26(33-18-21)35(7)8)17-25(31)27(24)38-28-22(12-11-15-32-28)20-37-40(9,10)30(4,5)6/h11-18,34H,19-20H2,1-10H3. The molecule has 0 saturated heterocycles. The van der Waals surface area contributed by atoms with E-state index in [0.717, 1.165) is 38.0 Å². The van der Waals surface area contributed by atoms with Gasteiger partial charge in [-0.3, -0.25) is 0 Å². The first-order chi connectivity index (χ1) is 18.5. The Morgan fingerprint density at radius 1 is 1.02 bits per heavy atom. The Kier molecular flexibility index (Phi) is 10.7. The number of anilines is 1. The zero-order chi connectivity index (χ0) is 29.9. The first kappa shape index (κ1) is 32.8. The highest BCUT2D eigenvalue weighted by Gasteiger charge is 2.37. The lowest BCUT2D eigenvalue weighted by atomic mass is 10.0. The molecule has 2 aromatic heterocycles.